The molecule has 2 aromatic rings. The van der Waals surface area contributed by atoms with E-state index in [1.165, 1.54) is 56.9 Å². The second kappa shape index (κ2) is 17.3. The van der Waals surface area contributed by atoms with Crippen LogP contribution in [0, 0.1) is 12.8 Å². The third-order valence-electron chi connectivity index (χ3n) is 3.61. The summed E-state index contributed by atoms with van der Waals surface area (Å²) in [4.78, 5) is 4.40. The van der Waals surface area contributed by atoms with Crippen molar-refractivity contribution >= 4 is 11.3 Å². The van der Waals surface area contributed by atoms with Crippen molar-refractivity contribution in [1.82, 2.24) is 4.98 Å². The summed E-state index contributed by atoms with van der Waals surface area (Å²) >= 11 is 1.69. The standard InChI is InChI=1S/C10H9NS.C8H18.C3H6.C3H8/c1-8-11-10(7-12-8)9-5-3-2-4-6-9;1-4-6-8(3)7-5-2;1-2-3-1;1-3-2/h2-7H,1H3;8H,4-7H2,1-3H3;1-3H2;3H2,1-2H3. The summed E-state index contributed by atoms with van der Waals surface area (Å²) in [5, 5.41) is 3.21. The summed E-state index contributed by atoms with van der Waals surface area (Å²) in [5.41, 5.74) is 2.28. The topological polar surface area (TPSA) is 12.9 Å². The summed E-state index contributed by atoms with van der Waals surface area (Å²) in [6.07, 6.45) is 11.3. The van der Waals surface area contributed by atoms with Gasteiger partial charge < -0.3 is 0 Å². The lowest BCUT2D eigenvalue weighted by atomic mass is 10.0. The van der Waals surface area contributed by atoms with Gasteiger partial charge in [-0.3, -0.25) is 0 Å². The van der Waals surface area contributed by atoms with Crippen LogP contribution in [0.25, 0.3) is 11.3 Å². The van der Waals surface area contributed by atoms with Gasteiger partial charge in [-0.05, 0) is 12.8 Å². The van der Waals surface area contributed by atoms with Gasteiger partial charge in [0, 0.05) is 10.9 Å². The zero-order valence-electron chi connectivity index (χ0n) is 18.1. The van der Waals surface area contributed by atoms with Gasteiger partial charge in [0.05, 0.1) is 10.7 Å². The Morgan fingerprint density at radius 1 is 0.923 bits per heavy atom. The zero-order chi connectivity index (χ0) is 19.6. The second-order valence-corrected chi connectivity index (χ2v) is 8.13. The molecule has 1 aliphatic rings. The normalized spacial score (nSPS) is 11.3. The molecule has 0 N–H and O–H groups in total. The molecule has 0 amide bonds. The maximum atomic E-state index is 4.40. The van der Waals surface area contributed by atoms with E-state index in [0.717, 1.165) is 16.6 Å². The van der Waals surface area contributed by atoms with E-state index in [9.17, 15) is 0 Å². The van der Waals surface area contributed by atoms with Crippen LogP contribution in [0.4, 0.5) is 0 Å². The molecule has 1 nitrogen and oxygen atoms in total. The van der Waals surface area contributed by atoms with E-state index >= 15 is 0 Å². The molecule has 0 bridgehead atoms. The Labute approximate surface area is 167 Å². The van der Waals surface area contributed by atoms with Crippen molar-refractivity contribution in [2.45, 2.75) is 92.9 Å². The molecular weight excluding hydrogens is 334 g/mol. The molecule has 1 aromatic carbocycles. The van der Waals surface area contributed by atoms with Crippen molar-refractivity contribution < 1.29 is 0 Å². The van der Waals surface area contributed by atoms with Crippen LogP contribution < -0.4 is 0 Å². The van der Waals surface area contributed by atoms with Crippen LogP contribution in [0.3, 0.4) is 0 Å². The van der Waals surface area contributed by atoms with Crippen LogP contribution in [-0.4, -0.2) is 4.98 Å². The molecule has 0 unspecified atom stereocenters. The quantitative estimate of drug-likeness (QED) is 0.508. The Morgan fingerprint density at radius 2 is 1.42 bits per heavy atom. The number of hydrogen-bond acceptors (Lipinski definition) is 2. The van der Waals surface area contributed by atoms with Crippen LogP contribution in [-0.2, 0) is 0 Å². The third-order valence-corrected chi connectivity index (χ3v) is 4.38. The molecule has 1 saturated carbocycles. The molecular formula is C24H41NS. The third kappa shape index (κ3) is 15.1. The van der Waals surface area contributed by atoms with Gasteiger partial charge in [0.25, 0.3) is 0 Å². The molecule has 1 fully saturated rings. The van der Waals surface area contributed by atoms with Crippen LogP contribution in [0.2, 0.25) is 0 Å². The van der Waals surface area contributed by atoms with Crippen LogP contribution in [0.5, 0.6) is 0 Å². The maximum absolute atomic E-state index is 4.40. The molecule has 0 saturated heterocycles. The fraction of sp³-hybridized carbons (Fsp3) is 0.625. The summed E-state index contributed by atoms with van der Waals surface area (Å²) in [5.74, 6) is 0.963. The highest BCUT2D eigenvalue weighted by molar-refractivity contribution is 7.09. The minimum Gasteiger partial charge on any atom is -0.242 e. The molecule has 3 rings (SSSR count). The van der Waals surface area contributed by atoms with Gasteiger partial charge in [0.15, 0.2) is 0 Å². The Kier molecular flexibility index (Phi) is 16.5. The highest BCUT2D eigenvalue weighted by Gasteiger charge is 1.99. The molecule has 0 radical (unpaired) electrons. The van der Waals surface area contributed by atoms with Gasteiger partial charge in [0.1, 0.15) is 0 Å². The van der Waals surface area contributed by atoms with Gasteiger partial charge in [-0.1, -0.05) is 116 Å². The number of aryl methyl sites for hydroxylation is 1. The molecule has 1 aliphatic carbocycles. The minimum atomic E-state index is 0.963. The number of nitrogens with zero attached hydrogens (tertiary/aromatic N) is 1. The van der Waals surface area contributed by atoms with Crippen molar-refractivity contribution in [3.05, 3.63) is 40.7 Å². The molecule has 26 heavy (non-hydrogen) atoms. The summed E-state index contributed by atoms with van der Waals surface area (Å²) in [6.45, 7) is 13.1. The van der Waals surface area contributed by atoms with Crippen molar-refractivity contribution in [2.75, 3.05) is 0 Å². The fourth-order valence-electron chi connectivity index (χ4n) is 2.23. The van der Waals surface area contributed by atoms with Crippen LogP contribution in [0.1, 0.15) is 91.0 Å². The Bertz CT molecular complexity index is 507. The van der Waals surface area contributed by atoms with Crippen molar-refractivity contribution in [2.24, 2.45) is 5.92 Å². The Balaban J connectivity index is 0.000000384. The first kappa shape index (κ1) is 24.8. The lowest BCUT2D eigenvalue weighted by molar-refractivity contribution is 0.480. The summed E-state index contributed by atoms with van der Waals surface area (Å²) in [6, 6.07) is 10.2. The predicted octanol–water partition coefficient (Wildman–Crippen LogP) is 8.93. The summed E-state index contributed by atoms with van der Waals surface area (Å²) < 4.78 is 0. The highest BCUT2D eigenvalue weighted by Crippen LogP contribution is 2.20. The summed E-state index contributed by atoms with van der Waals surface area (Å²) in [7, 11) is 0. The molecule has 1 heterocycles. The average molecular weight is 376 g/mol. The second-order valence-electron chi connectivity index (χ2n) is 7.07. The zero-order valence-corrected chi connectivity index (χ0v) is 18.9. The number of rotatable bonds is 5. The SMILES string of the molecule is C1CC1.CCC.CCCC(C)CCC.Cc1nc(-c2ccccc2)cs1. The van der Waals surface area contributed by atoms with E-state index in [4.69, 9.17) is 0 Å². The van der Waals surface area contributed by atoms with E-state index in [0.29, 0.717) is 0 Å². The van der Waals surface area contributed by atoms with Gasteiger partial charge in [-0.2, -0.15) is 0 Å². The van der Waals surface area contributed by atoms with Crippen molar-refractivity contribution in [3.63, 3.8) is 0 Å². The van der Waals surface area contributed by atoms with Crippen LogP contribution in [0.15, 0.2) is 35.7 Å². The maximum Gasteiger partial charge on any atom is 0.0901 e. The number of thiazole rings is 1. The van der Waals surface area contributed by atoms with Gasteiger partial charge in [-0.25, -0.2) is 4.98 Å². The monoisotopic (exact) mass is 375 g/mol. The van der Waals surface area contributed by atoms with Crippen molar-refractivity contribution in [3.8, 4) is 11.3 Å². The smallest absolute Gasteiger partial charge is 0.0901 e. The van der Waals surface area contributed by atoms with E-state index < -0.39 is 0 Å². The first-order chi connectivity index (χ1) is 12.6. The molecule has 2 heteroatoms. The van der Waals surface area contributed by atoms with Gasteiger partial charge in [0.2, 0.25) is 0 Å². The molecule has 0 spiro atoms. The Morgan fingerprint density at radius 3 is 1.77 bits per heavy atom. The van der Waals surface area contributed by atoms with E-state index in [-0.39, 0.29) is 0 Å². The van der Waals surface area contributed by atoms with E-state index in [2.05, 4.69) is 57.1 Å². The fourth-order valence-corrected chi connectivity index (χ4v) is 2.86. The molecule has 0 atom stereocenters. The molecule has 1 aromatic heterocycles. The number of aromatic nitrogens is 1. The lowest BCUT2D eigenvalue weighted by Gasteiger charge is -2.05. The van der Waals surface area contributed by atoms with Crippen LogP contribution >= 0.6 is 11.3 Å². The van der Waals surface area contributed by atoms with E-state index in [1.54, 1.807) is 11.3 Å². The number of hydrogen-bond donors (Lipinski definition) is 0. The first-order valence-electron chi connectivity index (χ1n) is 10.6. The van der Waals surface area contributed by atoms with E-state index in [1.807, 2.05) is 25.1 Å². The van der Waals surface area contributed by atoms with Crippen molar-refractivity contribution in [1.29, 1.82) is 0 Å². The lowest BCUT2D eigenvalue weighted by Crippen LogP contribution is -1.91. The molecule has 0 aliphatic heterocycles. The number of benzene rings is 1. The predicted molar refractivity (Wildman–Crippen MR) is 121 cm³/mol. The van der Waals surface area contributed by atoms with Gasteiger partial charge in [-0.15, -0.1) is 11.3 Å². The Hall–Kier alpha value is -1.15. The first-order valence-corrected chi connectivity index (χ1v) is 11.4. The minimum absolute atomic E-state index is 0.963. The highest BCUT2D eigenvalue weighted by atomic mass is 32.1. The van der Waals surface area contributed by atoms with Gasteiger partial charge >= 0.3 is 0 Å². The largest absolute Gasteiger partial charge is 0.242 e. The average Bonchev–Trinajstić information content (AvgIpc) is 3.45. The molecule has 148 valence electrons.